The molecular formula is C24H32N8O. The van der Waals surface area contributed by atoms with Gasteiger partial charge in [-0.3, -0.25) is 4.79 Å². The van der Waals surface area contributed by atoms with E-state index in [1.165, 1.54) is 12.8 Å². The summed E-state index contributed by atoms with van der Waals surface area (Å²) in [5.74, 6) is 0.877. The van der Waals surface area contributed by atoms with Gasteiger partial charge in [0.2, 0.25) is 11.9 Å². The van der Waals surface area contributed by atoms with Gasteiger partial charge in [-0.2, -0.15) is 9.97 Å². The van der Waals surface area contributed by atoms with Crippen LogP contribution in [-0.4, -0.2) is 37.5 Å². The molecule has 9 heteroatoms. The lowest BCUT2D eigenvalue weighted by molar-refractivity contribution is 0.1000. The molecule has 0 bridgehead atoms. The summed E-state index contributed by atoms with van der Waals surface area (Å²) < 4.78 is 2.21. The van der Waals surface area contributed by atoms with Crippen LogP contribution in [0.15, 0.2) is 30.6 Å². The van der Waals surface area contributed by atoms with Crippen LogP contribution in [0.25, 0.3) is 11.2 Å². The molecule has 0 saturated heterocycles. The van der Waals surface area contributed by atoms with E-state index < -0.39 is 5.91 Å². The molecule has 1 amide bonds. The highest BCUT2D eigenvalue weighted by Gasteiger charge is 2.23. The minimum Gasteiger partial charge on any atom is -0.366 e. The molecule has 174 valence electrons. The van der Waals surface area contributed by atoms with Gasteiger partial charge in [0.05, 0.1) is 6.33 Å². The Balaban J connectivity index is 1.44. The summed E-state index contributed by atoms with van der Waals surface area (Å²) >= 11 is 0. The lowest BCUT2D eigenvalue weighted by Crippen LogP contribution is -2.33. The molecule has 0 unspecified atom stereocenters. The predicted molar refractivity (Wildman–Crippen MR) is 129 cm³/mol. The number of rotatable bonds is 7. The van der Waals surface area contributed by atoms with Crippen LogP contribution < -0.4 is 22.1 Å². The number of carbonyl (C=O) groups excluding carboxylic acids is 1. The minimum atomic E-state index is -0.435. The molecule has 33 heavy (non-hydrogen) atoms. The number of aromatic nitrogens is 4. The number of hydrogen-bond donors (Lipinski definition) is 4. The number of benzene rings is 1. The topological polar surface area (TPSA) is 137 Å². The lowest BCUT2D eigenvalue weighted by atomic mass is 9.92. The van der Waals surface area contributed by atoms with Crippen molar-refractivity contribution in [2.45, 2.75) is 76.0 Å². The predicted octanol–water partition coefficient (Wildman–Crippen LogP) is 3.33. The molecule has 2 aromatic heterocycles. The van der Waals surface area contributed by atoms with Gasteiger partial charge in [0.1, 0.15) is 0 Å². The second-order valence-corrected chi connectivity index (χ2v) is 9.33. The molecule has 0 aliphatic heterocycles. The molecule has 2 saturated carbocycles. The van der Waals surface area contributed by atoms with Gasteiger partial charge in [-0.15, -0.1) is 0 Å². The van der Waals surface area contributed by atoms with Crippen LogP contribution in [0.5, 0.6) is 0 Å². The summed E-state index contributed by atoms with van der Waals surface area (Å²) in [7, 11) is 0. The zero-order chi connectivity index (χ0) is 22.8. The smallest absolute Gasteiger partial charge is 0.248 e. The fourth-order valence-electron chi connectivity index (χ4n) is 5.02. The number of nitrogens with one attached hydrogen (secondary N) is 2. The van der Waals surface area contributed by atoms with Crippen molar-refractivity contribution in [3.05, 3.63) is 41.7 Å². The number of nitrogens with two attached hydrogens (primary N) is 2. The number of imidazole rings is 1. The Labute approximate surface area is 193 Å². The van der Waals surface area contributed by atoms with E-state index in [9.17, 15) is 4.79 Å². The molecule has 1 aromatic carbocycles. The van der Waals surface area contributed by atoms with Crippen molar-refractivity contribution in [1.29, 1.82) is 0 Å². The number of nitrogens with zero attached hydrogens (tertiary/aromatic N) is 4. The summed E-state index contributed by atoms with van der Waals surface area (Å²) in [6.07, 6.45) is 10.8. The van der Waals surface area contributed by atoms with E-state index in [2.05, 4.69) is 20.2 Å². The Kier molecular flexibility index (Phi) is 6.13. The third-order valence-electron chi connectivity index (χ3n) is 6.92. The van der Waals surface area contributed by atoms with Crippen molar-refractivity contribution >= 4 is 28.8 Å². The summed E-state index contributed by atoms with van der Waals surface area (Å²) in [5, 5.41) is 6.96. The number of carbonyl (C=O) groups is 1. The second kappa shape index (κ2) is 9.35. The van der Waals surface area contributed by atoms with Crippen LogP contribution in [0.3, 0.4) is 0 Å². The van der Waals surface area contributed by atoms with E-state index in [1.54, 1.807) is 12.1 Å². The van der Waals surface area contributed by atoms with Gasteiger partial charge < -0.3 is 26.7 Å². The first-order valence-electron chi connectivity index (χ1n) is 12.0. The van der Waals surface area contributed by atoms with Crippen LogP contribution in [-0.2, 0) is 6.54 Å². The fraction of sp³-hybridized carbons (Fsp3) is 0.500. The Bertz CT molecular complexity index is 1130. The van der Waals surface area contributed by atoms with Crippen LogP contribution >= 0.6 is 0 Å². The molecule has 6 N–H and O–H groups in total. The van der Waals surface area contributed by atoms with Crippen molar-refractivity contribution in [2.75, 3.05) is 10.6 Å². The third kappa shape index (κ3) is 4.78. The summed E-state index contributed by atoms with van der Waals surface area (Å²) in [6, 6.07) is 8.37. The van der Waals surface area contributed by atoms with E-state index in [0.29, 0.717) is 42.0 Å². The van der Waals surface area contributed by atoms with Crippen LogP contribution in [0.4, 0.5) is 11.8 Å². The molecule has 5 rings (SSSR count). The summed E-state index contributed by atoms with van der Waals surface area (Å²) in [4.78, 5) is 25.9. The molecule has 0 spiro atoms. The standard InChI is InChI=1S/C24H32N8O/c25-17-8-10-18(11-9-17)29-24-30-22(27-13-15-4-3-5-16(12-15)21(26)33)20-23(31-24)32(14-28-20)19-6-1-2-7-19/h3-5,12,14,17-19H,1-2,6-11,13,25H2,(H2,26,33)(H2,27,29,30,31). The average Bonchev–Trinajstić information content (AvgIpc) is 3.49. The minimum absolute atomic E-state index is 0.295. The van der Waals surface area contributed by atoms with Crippen molar-refractivity contribution < 1.29 is 4.79 Å². The highest BCUT2D eigenvalue weighted by atomic mass is 16.1. The molecule has 9 nitrogen and oxygen atoms in total. The molecule has 2 heterocycles. The number of hydrogen-bond acceptors (Lipinski definition) is 7. The third-order valence-corrected chi connectivity index (χ3v) is 6.92. The number of anilines is 2. The van der Waals surface area contributed by atoms with Crippen molar-refractivity contribution in [1.82, 2.24) is 19.5 Å². The molecule has 2 aliphatic carbocycles. The van der Waals surface area contributed by atoms with Crippen molar-refractivity contribution in [2.24, 2.45) is 11.5 Å². The maximum absolute atomic E-state index is 11.5. The van der Waals surface area contributed by atoms with Gasteiger partial charge in [0.15, 0.2) is 17.0 Å². The molecular weight excluding hydrogens is 416 g/mol. The van der Waals surface area contributed by atoms with Gasteiger partial charge in [0, 0.05) is 30.2 Å². The first-order chi connectivity index (χ1) is 16.1. The fourth-order valence-corrected chi connectivity index (χ4v) is 5.02. The van der Waals surface area contributed by atoms with Crippen LogP contribution in [0.1, 0.15) is 73.3 Å². The van der Waals surface area contributed by atoms with Gasteiger partial charge in [-0.1, -0.05) is 25.0 Å². The van der Waals surface area contributed by atoms with Crippen molar-refractivity contribution in [3.8, 4) is 0 Å². The first kappa shape index (κ1) is 21.6. The van der Waals surface area contributed by atoms with Gasteiger partial charge >= 0.3 is 0 Å². The van der Waals surface area contributed by atoms with Crippen LogP contribution in [0.2, 0.25) is 0 Å². The molecule has 2 aliphatic rings. The number of amides is 1. The Hall–Kier alpha value is -3.20. The lowest BCUT2D eigenvalue weighted by Gasteiger charge is -2.27. The van der Waals surface area contributed by atoms with Crippen molar-refractivity contribution in [3.63, 3.8) is 0 Å². The quantitative estimate of drug-likeness (QED) is 0.435. The number of fused-ring (bicyclic) bond motifs is 1. The summed E-state index contributed by atoms with van der Waals surface area (Å²) in [5.41, 5.74) is 14.6. The highest BCUT2D eigenvalue weighted by Crippen LogP contribution is 2.33. The average molecular weight is 449 g/mol. The molecule has 0 atom stereocenters. The van der Waals surface area contributed by atoms with Gasteiger partial charge in [0.25, 0.3) is 0 Å². The van der Waals surface area contributed by atoms with E-state index >= 15 is 0 Å². The molecule has 3 aromatic rings. The van der Waals surface area contributed by atoms with E-state index in [1.807, 2.05) is 18.5 Å². The highest BCUT2D eigenvalue weighted by molar-refractivity contribution is 5.93. The molecule has 2 fully saturated rings. The molecule has 0 radical (unpaired) electrons. The Morgan fingerprint density at radius 2 is 1.88 bits per heavy atom. The normalized spacial score (nSPS) is 21.4. The maximum Gasteiger partial charge on any atom is 0.248 e. The van der Waals surface area contributed by atoms with Gasteiger partial charge in [-0.25, -0.2) is 4.98 Å². The largest absolute Gasteiger partial charge is 0.366 e. The zero-order valence-electron chi connectivity index (χ0n) is 18.8. The van der Waals surface area contributed by atoms with Gasteiger partial charge in [-0.05, 0) is 56.2 Å². The van der Waals surface area contributed by atoms with E-state index in [-0.39, 0.29) is 0 Å². The van der Waals surface area contributed by atoms with E-state index in [0.717, 1.165) is 55.3 Å². The number of primary amides is 1. The first-order valence-corrected chi connectivity index (χ1v) is 12.0. The van der Waals surface area contributed by atoms with E-state index in [4.69, 9.17) is 21.4 Å². The zero-order valence-corrected chi connectivity index (χ0v) is 18.8. The SMILES string of the molecule is NC(=O)c1cccc(CNc2nc(NC3CCC(N)CC3)nc3c2ncn3C2CCCC2)c1. The van der Waals surface area contributed by atoms with Crippen LogP contribution in [0, 0.1) is 0 Å². The maximum atomic E-state index is 11.5. The second-order valence-electron chi connectivity index (χ2n) is 9.33. The summed E-state index contributed by atoms with van der Waals surface area (Å²) in [6.45, 7) is 0.501. The Morgan fingerprint density at radius 3 is 2.64 bits per heavy atom. The Morgan fingerprint density at radius 1 is 1.09 bits per heavy atom. The monoisotopic (exact) mass is 448 g/mol.